The molecule has 2 amide bonds. The van der Waals surface area contributed by atoms with Crippen LogP contribution < -0.4 is 14.8 Å². The number of nitrogens with one attached hydrogen (secondary N) is 1. The summed E-state index contributed by atoms with van der Waals surface area (Å²) in [5.74, 6) is 1.02. The Morgan fingerprint density at radius 1 is 0.914 bits per heavy atom. The molecule has 0 radical (unpaired) electrons. The minimum atomic E-state index is -0.648. The van der Waals surface area contributed by atoms with E-state index in [4.69, 9.17) is 32.7 Å². The lowest BCUT2D eigenvalue weighted by Crippen LogP contribution is -2.49. The first kappa shape index (κ1) is 28.8. The van der Waals surface area contributed by atoms with Gasteiger partial charge in [0.05, 0.1) is 23.3 Å². The molecule has 2 aromatic rings. The second-order valence-electron chi connectivity index (χ2n) is 8.41. The Morgan fingerprint density at radius 2 is 1.57 bits per heavy atom. The summed E-state index contributed by atoms with van der Waals surface area (Å²) in [6.07, 6.45) is 1.55. The van der Waals surface area contributed by atoms with Gasteiger partial charge in [-0.3, -0.25) is 9.59 Å². The summed E-state index contributed by atoms with van der Waals surface area (Å²) in [5.41, 5.74) is 1.76. The number of halogens is 2. The third-order valence-electron chi connectivity index (χ3n) is 5.74. The highest BCUT2D eigenvalue weighted by Crippen LogP contribution is 2.29. The number of rotatable bonds is 13. The number of aryl methyl sites for hydroxylation is 1. The predicted octanol–water partition coefficient (Wildman–Crippen LogP) is 6.06. The van der Waals surface area contributed by atoms with E-state index in [1.165, 1.54) is 0 Å². The summed E-state index contributed by atoms with van der Waals surface area (Å²) in [7, 11) is 0. The molecule has 0 unspecified atom stereocenters. The lowest BCUT2D eigenvalue weighted by molar-refractivity contribution is -0.140. The van der Waals surface area contributed by atoms with Gasteiger partial charge in [0, 0.05) is 19.0 Å². The molecule has 0 saturated heterocycles. The molecule has 0 fully saturated rings. The van der Waals surface area contributed by atoms with Gasteiger partial charge in [-0.15, -0.1) is 0 Å². The number of carbonyl (C=O) groups is 2. The van der Waals surface area contributed by atoms with E-state index < -0.39 is 6.04 Å². The minimum absolute atomic E-state index is 0.0210. The number of hydrogen-bond acceptors (Lipinski definition) is 4. The maximum Gasteiger partial charge on any atom is 0.242 e. The molecule has 2 rings (SSSR count). The zero-order valence-corrected chi connectivity index (χ0v) is 22.7. The van der Waals surface area contributed by atoms with E-state index in [2.05, 4.69) is 5.32 Å². The molecule has 0 heterocycles. The monoisotopic (exact) mass is 522 g/mol. The van der Waals surface area contributed by atoms with Crippen molar-refractivity contribution in [1.29, 1.82) is 0 Å². The van der Waals surface area contributed by atoms with Crippen molar-refractivity contribution in [2.75, 3.05) is 13.2 Å². The van der Waals surface area contributed by atoms with Crippen molar-refractivity contribution in [3.8, 4) is 11.5 Å². The highest BCUT2D eigenvalue weighted by Gasteiger charge is 2.27. The van der Waals surface area contributed by atoms with Gasteiger partial charge in [-0.05, 0) is 75.9 Å². The standard InChI is InChI=1S/C27H36Cl2N2O4/c1-6-18(4)30-27(33)19(5)31(17-21-9-12-22(28)23(29)15-21)26(32)14-11-20-10-13-24(34-7-2)25(16-20)35-8-3/h9-10,12-13,15-16,18-19H,6-8,11,14,17H2,1-5H3,(H,30,33)/t18-,19+/m0/s1. The van der Waals surface area contributed by atoms with Crippen LogP contribution in [0, 0.1) is 0 Å². The maximum absolute atomic E-state index is 13.4. The number of carbonyl (C=O) groups excluding carboxylic acids is 2. The van der Waals surface area contributed by atoms with Crippen molar-refractivity contribution in [2.45, 2.75) is 72.5 Å². The van der Waals surface area contributed by atoms with Crippen LogP contribution in [0.25, 0.3) is 0 Å². The van der Waals surface area contributed by atoms with Crippen LogP contribution in [0.3, 0.4) is 0 Å². The number of hydrogen-bond donors (Lipinski definition) is 1. The first-order valence-corrected chi connectivity index (χ1v) is 12.9. The second kappa shape index (κ2) is 14.2. The molecule has 0 saturated carbocycles. The summed E-state index contributed by atoms with van der Waals surface area (Å²) in [6, 6.07) is 10.3. The Balaban J connectivity index is 2.21. The summed E-state index contributed by atoms with van der Waals surface area (Å²) < 4.78 is 11.3. The molecule has 0 aliphatic rings. The van der Waals surface area contributed by atoms with Crippen molar-refractivity contribution in [3.05, 3.63) is 57.6 Å². The van der Waals surface area contributed by atoms with Gasteiger partial charge in [0.2, 0.25) is 11.8 Å². The number of amides is 2. The highest BCUT2D eigenvalue weighted by atomic mass is 35.5. The molecule has 0 aliphatic heterocycles. The third kappa shape index (κ3) is 8.62. The number of benzene rings is 2. The van der Waals surface area contributed by atoms with E-state index in [1.807, 2.05) is 52.0 Å². The smallest absolute Gasteiger partial charge is 0.242 e. The van der Waals surface area contributed by atoms with Gasteiger partial charge < -0.3 is 19.7 Å². The van der Waals surface area contributed by atoms with Crippen LogP contribution in [-0.2, 0) is 22.6 Å². The van der Waals surface area contributed by atoms with Gasteiger partial charge >= 0.3 is 0 Å². The minimum Gasteiger partial charge on any atom is -0.490 e. The van der Waals surface area contributed by atoms with Gasteiger partial charge in [0.15, 0.2) is 11.5 Å². The number of nitrogens with zero attached hydrogens (tertiary/aromatic N) is 1. The Hall–Kier alpha value is -2.44. The molecule has 35 heavy (non-hydrogen) atoms. The zero-order valence-electron chi connectivity index (χ0n) is 21.2. The molecule has 0 aliphatic carbocycles. The van der Waals surface area contributed by atoms with Gasteiger partial charge in [-0.1, -0.05) is 42.3 Å². The largest absolute Gasteiger partial charge is 0.490 e. The molecule has 1 N–H and O–H groups in total. The highest BCUT2D eigenvalue weighted by molar-refractivity contribution is 6.42. The fraction of sp³-hybridized carbons (Fsp3) is 0.481. The van der Waals surface area contributed by atoms with E-state index in [9.17, 15) is 9.59 Å². The van der Waals surface area contributed by atoms with Crippen molar-refractivity contribution >= 4 is 35.0 Å². The maximum atomic E-state index is 13.4. The quantitative estimate of drug-likeness (QED) is 0.347. The van der Waals surface area contributed by atoms with Crippen molar-refractivity contribution in [3.63, 3.8) is 0 Å². The summed E-state index contributed by atoms with van der Waals surface area (Å²) >= 11 is 12.2. The van der Waals surface area contributed by atoms with Gasteiger partial charge in [0.1, 0.15) is 6.04 Å². The predicted molar refractivity (Wildman–Crippen MR) is 141 cm³/mol. The van der Waals surface area contributed by atoms with Crippen LogP contribution in [0.5, 0.6) is 11.5 Å². The fourth-order valence-corrected chi connectivity index (χ4v) is 3.85. The van der Waals surface area contributed by atoms with E-state index >= 15 is 0 Å². The number of ether oxygens (including phenoxy) is 2. The normalized spacial score (nSPS) is 12.5. The molecule has 8 heteroatoms. The van der Waals surface area contributed by atoms with Crippen LogP contribution in [0.15, 0.2) is 36.4 Å². The molecule has 0 aromatic heterocycles. The molecule has 0 spiro atoms. The second-order valence-corrected chi connectivity index (χ2v) is 9.23. The van der Waals surface area contributed by atoms with Gasteiger partial charge in [0.25, 0.3) is 0 Å². The Labute approximate surface area is 218 Å². The topological polar surface area (TPSA) is 67.9 Å². The van der Waals surface area contributed by atoms with Crippen LogP contribution in [0.2, 0.25) is 10.0 Å². The Kier molecular flexibility index (Phi) is 11.7. The van der Waals surface area contributed by atoms with E-state index in [0.29, 0.717) is 41.2 Å². The van der Waals surface area contributed by atoms with Crippen LogP contribution >= 0.6 is 23.2 Å². The first-order chi connectivity index (χ1) is 16.7. The Bertz CT molecular complexity index is 999. The third-order valence-corrected chi connectivity index (χ3v) is 6.48. The molecular formula is C27H36Cl2N2O4. The van der Waals surface area contributed by atoms with E-state index in [-0.39, 0.29) is 30.8 Å². The van der Waals surface area contributed by atoms with Crippen molar-refractivity contribution < 1.29 is 19.1 Å². The average molecular weight is 524 g/mol. The van der Waals surface area contributed by atoms with E-state index in [1.54, 1.807) is 24.0 Å². The summed E-state index contributed by atoms with van der Waals surface area (Å²) in [5, 5.41) is 3.82. The van der Waals surface area contributed by atoms with Crippen LogP contribution in [0.1, 0.15) is 58.6 Å². The molecule has 2 aromatic carbocycles. The van der Waals surface area contributed by atoms with Crippen molar-refractivity contribution in [1.82, 2.24) is 10.2 Å². The average Bonchev–Trinajstić information content (AvgIpc) is 2.84. The van der Waals surface area contributed by atoms with Gasteiger partial charge in [-0.25, -0.2) is 0 Å². The SMILES string of the molecule is CCOc1ccc(CCC(=O)N(Cc2ccc(Cl)c(Cl)c2)[C@H](C)C(=O)N[C@@H](C)CC)cc1OCC. The first-order valence-electron chi connectivity index (χ1n) is 12.1. The Morgan fingerprint density at radius 3 is 2.20 bits per heavy atom. The van der Waals surface area contributed by atoms with Crippen LogP contribution in [0.4, 0.5) is 0 Å². The van der Waals surface area contributed by atoms with Crippen LogP contribution in [-0.4, -0.2) is 42.0 Å². The lowest BCUT2D eigenvalue weighted by atomic mass is 10.1. The fourth-order valence-electron chi connectivity index (χ4n) is 3.53. The summed E-state index contributed by atoms with van der Waals surface area (Å²) in [4.78, 5) is 27.9. The van der Waals surface area contributed by atoms with Crippen molar-refractivity contribution in [2.24, 2.45) is 0 Å². The molecule has 0 bridgehead atoms. The summed E-state index contributed by atoms with van der Waals surface area (Å²) in [6.45, 7) is 10.8. The van der Waals surface area contributed by atoms with E-state index in [0.717, 1.165) is 17.5 Å². The lowest BCUT2D eigenvalue weighted by Gasteiger charge is -2.30. The van der Waals surface area contributed by atoms with Gasteiger partial charge in [-0.2, -0.15) is 0 Å². The molecule has 6 nitrogen and oxygen atoms in total. The molecule has 192 valence electrons. The molecular weight excluding hydrogens is 487 g/mol. The zero-order chi connectivity index (χ0) is 26.0. The molecule has 2 atom stereocenters.